The lowest BCUT2D eigenvalue weighted by atomic mass is 9.87. The molecule has 1 amide bonds. The van der Waals surface area contributed by atoms with E-state index in [-0.39, 0.29) is 23.8 Å². The van der Waals surface area contributed by atoms with Gasteiger partial charge in [0.2, 0.25) is 5.91 Å². The van der Waals surface area contributed by atoms with Crippen LogP contribution < -0.4 is 0 Å². The monoisotopic (exact) mass is 278 g/mol. The third-order valence-corrected chi connectivity index (χ3v) is 3.84. The van der Waals surface area contributed by atoms with Crippen molar-refractivity contribution >= 4 is 5.91 Å². The lowest BCUT2D eigenvalue weighted by Gasteiger charge is -2.31. The molecule has 5 heteroatoms. The Morgan fingerprint density at radius 3 is 2.75 bits per heavy atom. The molecule has 20 heavy (non-hydrogen) atoms. The Balaban J connectivity index is 2.19. The van der Waals surface area contributed by atoms with E-state index < -0.39 is 6.10 Å². The molecule has 110 valence electrons. The first kappa shape index (κ1) is 14.9. The van der Waals surface area contributed by atoms with Crippen molar-refractivity contribution in [3.8, 4) is 0 Å². The van der Waals surface area contributed by atoms with Gasteiger partial charge in [-0.15, -0.1) is 0 Å². The first-order valence-electron chi connectivity index (χ1n) is 6.94. The minimum absolute atomic E-state index is 0.00236. The Bertz CT molecular complexity index is 450. The van der Waals surface area contributed by atoms with Crippen LogP contribution in [-0.4, -0.2) is 53.3 Å². The summed E-state index contributed by atoms with van der Waals surface area (Å²) in [6.07, 6.45) is 2.83. The highest BCUT2D eigenvalue weighted by atomic mass is 16.5. The van der Waals surface area contributed by atoms with E-state index in [9.17, 15) is 9.90 Å². The zero-order valence-corrected chi connectivity index (χ0v) is 12.2. The predicted molar refractivity (Wildman–Crippen MR) is 75.2 cm³/mol. The minimum Gasteiger partial charge on any atom is -0.388 e. The predicted octanol–water partition coefficient (Wildman–Crippen LogP) is 1.04. The van der Waals surface area contributed by atoms with Gasteiger partial charge in [-0.3, -0.25) is 9.78 Å². The Morgan fingerprint density at radius 1 is 1.50 bits per heavy atom. The number of hydrogen-bond acceptors (Lipinski definition) is 4. The number of carbonyl (C=O) groups is 1. The van der Waals surface area contributed by atoms with Crippen molar-refractivity contribution in [3.05, 3.63) is 30.1 Å². The lowest BCUT2D eigenvalue weighted by Crippen LogP contribution is -2.46. The average Bonchev–Trinajstić information content (AvgIpc) is 2.85. The molecule has 2 heterocycles. The molecule has 1 aliphatic heterocycles. The second-order valence-electron chi connectivity index (χ2n) is 5.63. The van der Waals surface area contributed by atoms with Gasteiger partial charge in [-0.2, -0.15) is 0 Å². The summed E-state index contributed by atoms with van der Waals surface area (Å²) in [5.41, 5.74) is 0.910. The Kier molecular flexibility index (Phi) is 4.73. The van der Waals surface area contributed by atoms with Crippen LogP contribution in [0.2, 0.25) is 0 Å². The second-order valence-corrected chi connectivity index (χ2v) is 5.63. The van der Waals surface area contributed by atoms with Gasteiger partial charge in [0.1, 0.15) is 0 Å². The number of amides is 1. The highest BCUT2D eigenvalue weighted by Crippen LogP contribution is 2.27. The van der Waals surface area contributed by atoms with Crippen LogP contribution in [0.5, 0.6) is 0 Å². The average molecular weight is 278 g/mol. The largest absolute Gasteiger partial charge is 0.388 e. The number of nitrogens with zero attached hydrogens (tertiary/aromatic N) is 2. The van der Waals surface area contributed by atoms with Crippen molar-refractivity contribution < 1.29 is 14.6 Å². The van der Waals surface area contributed by atoms with Gasteiger partial charge >= 0.3 is 0 Å². The summed E-state index contributed by atoms with van der Waals surface area (Å²) in [5.74, 6) is -0.0855. The number of ether oxygens (including phenoxy) is 1. The number of aliphatic hydroxyl groups is 1. The number of carbonyl (C=O) groups excluding carboxylic acids is 1. The molecule has 1 aliphatic rings. The zero-order chi connectivity index (χ0) is 14.7. The van der Waals surface area contributed by atoms with Crippen molar-refractivity contribution in [1.82, 2.24) is 9.88 Å². The topological polar surface area (TPSA) is 62.7 Å². The van der Waals surface area contributed by atoms with Gasteiger partial charge in [0, 0.05) is 19.4 Å². The Labute approximate surface area is 119 Å². The van der Waals surface area contributed by atoms with Crippen LogP contribution in [0.4, 0.5) is 0 Å². The molecule has 0 radical (unpaired) electrons. The van der Waals surface area contributed by atoms with Crippen LogP contribution in [0.3, 0.4) is 0 Å². The second kappa shape index (κ2) is 6.33. The molecule has 1 saturated heterocycles. The highest BCUT2D eigenvalue weighted by molar-refractivity contribution is 5.84. The first-order valence-corrected chi connectivity index (χ1v) is 6.94. The Morgan fingerprint density at radius 2 is 2.25 bits per heavy atom. The van der Waals surface area contributed by atoms with Crippen molar-refractivity contribution in [3.63, 3.8) is 0 Å². The number of pyridine rings is 1. The van der Waals surface area contributed by atoms with E-state index in [2.05, 4.69) is 4.98 Å². The molecule has 3 atom stereocenters. The molecule has 1 unspecified atom stereocenters. The molecule has 0 aromatic carbocycles. The van der Waals surface area contributed by atoms with Gasteiger partial charge in [-0.05, 0) is 17.5 Å². The fourth-order valence-electron chi connectivity index (χ4n) is 2.66. The van der Waals surface area contributed by atoms with Crippen LogP contribution in [-0.2, 0) is 9.53 Å². The molecular weight excluding hydrogens is 256 g/mol. The maximum absolute atomic E-state index is 12.7. The number of likely N-dealkylation sites (N-methyl/N-ethyl adjacent to an activating group) is 1. The summed E-state index contributed by atoms with van der Waals surface area (Å²) < 4.78 is 5.23. The maximum Gasteiger partial charge on any atom is 0.230 e. The van der Waals surface area contributed by atoms with Gasteiger partial charge in [0.25, 0.3) is 0 Å². The van der Waals surface area contributed by atoms with E-state index in [1.807, 2.05) is 26.0 Å². The Hall–Kier alpha value is -1.46. The van der Waals surface area contributed by atoms with Crippen LogP contribution in [0, 0.1) is 5.92 Å². The first-order chi connectivity index (χ1) is 9.52. The van der Waals surface area contributed by atoms with Crippen molar-refractivity contribution in [2.24, 2.45) is 5.92 Å². The molecule has 1 aromatic heterocycles. The van der Waals surface area contributed by atoms with Crippen LogP contribution in [0.25, 0.3) is 0 Å². The fourth-order valence-corrected chi connectivity index (χ4v) is 2.66. The van der Waals surface area contributed by atoms with Crippen molar-refractivity contribution in [2.75, 3.05) is 20.3 Å². The molecular formula is C15H22N2O3. The minimum atomic E-state index is -0.606. The summed E-state index contributed by atoms with van der Waals surface area (Å²) in [6, 6.07) is 3.50. The molecule has 2 rings (SSSR count). The SMILES string of the molecule is CC(C)C(C(=O)N(C)[C@@H]1COC[C@H]1O)c1cccnc1. The summed E-state index contributed by atoms with van der Waals surface area (Å²) >= 11 is 0. The molecule has 0 aliphatic carbocycles. The number of aromatic nitrogens is 1. The van der Waals surface area contributed by atoms with Crippen molar-refractivity contribution in [2.45, 2.75) is 31.9 Å². The normalized spacial score (nSPS) is 23.9. The number of aliphatic hydroxyl groups excluding tert-OH is 1. The lowest BCUT2D eigenvalue weighted by molar-refractivity contribution is -0.136. The van der Waals surface area contributed by atoms with Crippen molar-refractivity contribution in [1.29, 1.82) is 0 Å². The van der Waals surface area contributed by atoms with Crippen LogP contribution in [0.1, 0.15) is 25.3 Å². The molecule has 0 spiro atoms. The molecule has 1 N–H and O–H groups in total. The van der Waals surface area contributed by atoms with E-state index in [1.165, 1.54) is 0 Å². The van der Waals surface area contributed by atoms with Gasteiger partial charge in [-0.25, -0.2) is 0 Å². The van der Waals surface area contributed by atoms with E-state index in [4.69, 9.17) is 4.74 Å². The van der Waals surface area contributed by atoms with E-state index in [0.717, 1.165) is 5.56 Å². The molecule has 0 bridgehead atoms. The summed E-state index contributed by atoms with van der Waals surface area (Å²) in [4.78, 5) is 18.5. The zero-order valence-electron chi connectivity index (χ0n) is 12.2. The van der Waals surface area contributed by atoms with Gasteiger partial charge < -0.3 is 14.7 Å². The summed E-state index contributed by atoms with van der Waals surface area (Å²) in [7, 11) is 1.73. The summed E-state index contributed by atoms with van der Waals surface area (Å²) in [6.45, 7) is 4.72. The molecule has 0 saturated carbocycles. The van der Waals surface area contributed by atoms with E-state index in [1.54, 1.807) is 24.3 Å². The van der Waals surface area contributed by atoms with Crippen LogP contribution in [0.15, 0.2) is 24.5 Å². The highest BCUT2D eigenvalue weighted by Gasteiger charge is 2.36. The fraction of sp³-hybridized carbons (Fsp3) is 0.600. The van der Waals surface area contributed by atoms with E-state index in [0.29, 0.717) is 13.2 Å². The number of hydrogen-bond donors (Lipinski definition) is 1. The van der Waals surface area contributed by atoms with Gasteiger partial charge in [-0.1, -0.05) is 19.9 Å². The third kappa shape index (κ3) is 2.99. The smallest absolute Gasteiger partial charge is 0.230 e. The molecule has 1 fully saturated rings. The van der Waals surface area contributed by atoms with Crippen LogP contribution >= 0.6 is 0 Å². The summed E-state index contributed by atoms with van der Waals surface area (Å²) in [5, 5.41) is 9.87. The maximum atomic E-state index is 12.7. The number of rotatable bonds is 4. The van der Waals surface area contributed by atoms with Gasteiger partial charge in [0.15, 0.2) is 0 Å². The van der Waals surface area contributed by atoms with Gasteiger partial charge in [0.05, 0.1) is 31.3 Å². The van der Waals surface area contributed by atoms with E-state index >= 15 is 0 Å². The molecule has 1 aromatic rings. The quantitative estimate of drug-likeness (QED) is 0.894. The molecule has 5 nitrogen and oxygen atoms in total. The standard InChI is InChI=1S/C15H22N2O3/c1-10(2)14(11-5-4-6-16-7-11)15(19)17(3)12-8-20-9-13(12)18/h4-7,10,12-14,18H,8-9H2,1-3H3/t12-,13-,14?/m1/s1. The third-order valence-electron chi connectivity index (χ3n) is 3.84.